The molecule has 0 bridgehead atoms. The first-order valence-corrected chi connectivity index (χ1v) is 12.3. The summed E-state index contributed by atoms with van der Waals surface area (Å²) >= 11 is 0. The maximum Gasteiger partial charge on any atom is 0.261 e. The van der Waals surface area contributed by atoms with Crippen molar-refractivity contribution in [3.05, 3.63) is 120 Å². The molecule has 3 N–H and O–H groups in total. The molecule has 7 heteroatoms. The Kier molecular flexibility index (Phi) is 6.94. The number of amides is 1. The van der Waals surface area contributed by atoms with Gasteiger partial charge in [0.05, 0.1) is 4.90 Å². The molecule has 0 aromatic heterocycles. The highest BCUT2D eigenvalue weighted by Gasteiger charge is 2.15. The van der Waals surface area contributed by atoms with E-state index in [-0.39, 0.29) is 16.8 Å². The number of nitrogens with one attached hydrogen (secondary N) is 3. The smallest absolute Gasteiger partial charge is 0.261 e. The highest BCUT2D eigenvalue weighted by atomic mass is 32.2. The van der Waals surface area contributed by atoms with Crippen molar-refractivity contribution in [1.82, 2.24) is 0 Å². The highest BCUT2D eigenvalue weighted by Crippen LogP contribution is 2.22. The van der Waals surface area contributed by atoms with Gasteiger partial charge < -0.3 is 10.6 Å². The molecule has 0 aliphatic carbocycles. The number of anilines is 3. The van der Waals surface area contributed by atoms with E-state index in [1.165, 1.54) is 23.8 Å². The number of benzene rings is 4. The first-order valence-electron chi connectivity index (χ1n) is 10.8. The van der Waals surface area contributed by atoms with Gasteiger partial charge in [0.1, 0.15) is 0 Å². The molecular formula is C27H25N3O3S. The molecule has 4 aromatic carbocycles. The molecule has 6 nitrogen and oxygen atoms in total. The van der Waals surface area contributed by atoms with E-state index in [1.54, 1.807) is 36.4 Å². The van der Waals surface area contributed by atoms with Gasteiger partial charge in [0.25, 0.3) is 15.9 Å². The van der Waals surface area contributed by atoms with E-state index in [2.05, 4.69) is 34.4 Å². The van der Waals surface area contributed by atoms with Crippen LogP contribution in [0.2, 0.25) is 0 Å². The van der Waals surface area contributed by atoms with Gasteiger partial charge in [-0.2, -0.15) is 0 Å². The summed E-state index contributed by atoms with van der Waals surface area (Å²) in [4.78, 5) is 12.9. The van der Waals surface area contributed by atoms with Gasteiger partial charge in [-0.05, 0) is 67.1 Å². The van der Waals surface area contributed by atoms with Crippen LogP contribution in [-0.4, -0.2) is 14.3 Å². The van der Waals surface area contributed by atoms with Crippen LogP contribution in [-0.2, 0) is 10.0 Å². The van der Waals surface area contributed by atoms with Crippen molar-refractivity contribution in [2.24, 2.45) is 0 Å². The van der Waals surface area contributed by atoms with E-state index in [9.17, 15) is 13.2 Å². The van der Waals surface area contributed by atoms with Gasteiger partial charge in [0.2, 0.25) is 0 Å². The minimum atomic E-state index is -3.74. The fourth-order valence-electron chi connectivity index (χ4n) is 3.47. The van der Waals surface area contributed by atoms with E-state index in [1.807, 2.05) is 42.5 Å². The first-order chi connectivity index (χ1) is 16.4. The molecule has 4 aromatic rings. The molecule has 0 radical (unpaired) electrons. The van der Waals surface area contributed by atoms with E-state index in [4.69, 9.17) is 0 Å². The lowest BCUT2D eigenvalue weighted by Crippen LogP contribution is -2.15. The van der Waals surface area contributed by atoms with Gasteiger partial charge in [-0.25, -0.2) is 8.42 Å². The highest BCUT2D eigenvalue weighted by molar-refractivity contribution is 7.92. The Morgan fingerprint density at radius 3 is 2.00 bits per heavy atom. The monoisotopic (exact) mass is 471 g/mol. The third kappa shape index (κ3) is 5.82. The third-order valence-corrected chi connectivity index (χ3v) is 6.65. The van der Waals surface area contributed by atoms with Gasteiger partial charge in [0, 0.05) is 28.7 Å². The summed E-state index contributed by atoms with van der Waals surface area (Å²) in [6.07, 6.45) is 0. The summed E-state index contributed by atoms with van der Waals surface area (Å²) in [5.41, 5.74) is 3.41. The molecule has 1 amide bonds. The lowest BCUT2D eigenvalue weighted by molar-refractivity contribution is 0.102. The molecule has 0 saturated heterocycles. The van der Waals surface area contributed by atoms with Crippen LogP contribution in [0.25, 0.3) is 0 Å². The normalized spacial score (nSPS) is 11.9. The summed E-state index contributed by atoms with van der Waals surface area (Å²) in [6, 6.07) is 32.2. The maximum atomic E-state index is 12.7. The second kappa shape index (κ2) is 10.2. The predicted octanol–water partition coefficient (Wildman–Crippen LogP) is 5.91. The minimum Gasteiger partial charge on any atom is -0.379 e. The van der Waals surface area contributed by atoms with E-state index >= 15 is 0 Å². The molecular weight excluding hydrogens is 446 g/mol. The van der Waals surface area contributed by atoms with Gasteiger partial charge in [-0.15, -0.1) is 0 Å². The first kappa shape index (κ1) is 23.1. The summed E-state index contributed by atoms with van der Waals surface area (Å²) < 4.78 is 27.6. The zero-order valence-electron chi connectivity index (χ0n) is 18.6. The molecule has 4 rings (SSSR count). The van der Waals surface area contributed by atoms with Gasteiger partial charge in [-0.1, -0.05) is 54.6 Å². The maximum absolute atomic E-state index is 12.7. The second-order valence-corrected chi connectivity index (χ2v) is 9.49. The largest absolute Gasteiger partial charge is 0.379 e. The van der Waals surface area contributed by atoms with Crippen molar-refractivity contribution < 1.29 is 13.2 Å². The lowest BCUT2D eigenvalue weighted by Gasteiger charge is -2.16. The van der Waals surface area contributed by atoms with Crippen LogP contribution in [0.15, 0.2) is 114 Å². The third-order valence-electron chi connectivity index (χ3n) is 5.26. The number of sulfonamides is 1. The topological polar surface area (TPSA) is 87.3 Å². The fourth-order valence-corrected chi connectivity index (χ4v) is 4.54. The molecule has 172 valence electrons. The Labute approximate surface area is 199 Å². The van der Waals surface area contributed by atoms with Crippen LogP contribution >= 0.6 is 0 Å². The van der Waals surface area contributed by atoms with E-state index < -0.39 is 10.0 Å². The molecule has 0 fully saturated rings. The lowest BCUT2D eigenvalue weighted by atomic mass is 10.1. The summed E-state index contributed by atoms with van der Waals surface area (Å²) in [6.45, 7) is 2.09. The van der Waals surface area contributed by atoms with Gasteiger partial charge in [0.15, 0.2) is 0 Å². The van der Waals surface area contributed by atoms with Crippen LogP contribution in [0.4, 0.5) is 17.1 Å². The van der Waals surface area contributed by atoms with E-state index in [0.29, 0.717) is 16.9 Å². The average molecular weight is 472 g/mol. The molecule has 0 aliphatic rings. The SMILES string of the molecule is CC(Nc1ccc(NC(=O)c2cccc(NS(=O)(=O)c3ccccc3)c2)cc1)c1ccccc1. The Bertz CT molecular complexity index is 1360. The Hall–Kier alpha value is -4.10. The molecule has 34 heavy (non-hydrogen) atoms. The molecule has 1 unspecified atom stereocenters. The molecule has 1 atom stereocenters. The van der Waals surface area contributed by atoms with Crippen molar-refractivity contribution in [2.75, 3.05) is 15.4 Å². The fraction of sp³-hybridized carbons (Fsp3) is 0.0741. The second-order valence-electron chi connectivity index (χ2n) is 7.81. The molecule has 0 heterocycles. The number of carbonyl (C=O) groups excluding carboxylic acids is 1. The van der Waals surface area contributed by atoms with Crippen molar-refractivity contribution >= 4 is 33.0 Å². The van der Waals surface area contributed by atoms with Crippen LogP contribution in [0.5, 0.6) is 0 Å². The number of hydrogen-bond donors (Lipinski definition) is 3. The summed E-state index contributed by atoms with van der Waals surface area (Å²) in [5.74, 6) is -0.334. The Balaban J connectivity index is 1.40. The van der Waals surface area contributed by atoms with Crippen LogP contribution < -0.4 is 15.4 Å². The predicted molar refractivity (Wildman–Crippen MR) is 137 cm³/mol. The zero-order chi connectivity index (χ0) is 24.0. The van der Waals surface area contributed by atoms with Crippen LogP contribution in [0, 0.1) is 0 Å². The summed E-state index contributed by atoms with van der Waals surface area (Å²) in [5, 5.41) is 6.28. The summed E-state index contributed by atoms with van der Waals surface area (Å²) in [7, 11) is -3.74. The molecule has 0 spiro atoms. The average Bonchev–Trinajstić information content (AvgIpc) is 2.86. The number of carbonyl (C=O) groups is 1. The van der Waals surface area contributed by atoms with Crippen LogP contribution in [0.3, 0.4) is 0 Å². The van der Waals surface area contributed by atoms with E-state index in [0.717, 1.165) is 5.69 Å². The van der Waals surface area contributed by atoms with Gasteiger partial charge in [-0.3, -0.25) is 9.52 Å². The van der Waals surface area contributed by atoms with Gasteiger partial charge >= 0.3 is 0 Å². The standard InChI is InChI=1S/C27H25N3O3S/c1-20(21-9-4-2-5-10-21)28-23-15-17-24(18-16-23)29-27(31)22-11-8-12-25(19-22)30-34(32,33)26-13-6-3-7-14-26/h2-20,28,30H,1H3,(H,29,31). The quantitative estimate of drug-likeness (QED) is 0.298. The number of hydrogen-bond acceptors (Lipinski definition) is 4. The molecule has 0 aliphatic heterocycles. The van der Waals surface area contributed by atoms with Crippen LogP contribution in [0.1, 0.15) is 28.9 Å². The number of rotatable bonds is 8. The van der Waals surface area contributed by atoms with Crippen molar-refractivity contribution in [3.63, 3.8) is 0 Å². The Morgan fingerprint density at radius 1 is 0.706 bits per heavy atom. The zero-order valence-corrected chi connectivity index (χ0v) is 19.4. The Morgan fingerprint density at radius 2 is 1.32 bits per heavy atom. The van der Waals surface area contributed by atoms with Crippen molar-refractivity contribution in [2.45, 2.75) is 17.9 Å². The van der Waals surface area contributed by atoms with Crippen molar-refractivity contribution in [3.8, 4) is 0 Å². The van der Waals surface area contributed by atoms with Crippen molar-refractivity contribution in [1.29, 1.82) is 0 Å². The minimum absolute atomic E-state index is 0.143. The molecule has 0 saturated carbocycles.